The van der Waals surface area contributed by atoms with Crippen LogP contribution in [0.3, 0.4) is 0 Å². The number of hydrogen-bond acceptors (Lipinski definition) is 3. The van der Waals surface area contributed by atoms with E-state index in [1.807, 2.05) is 26.8 Å². The van der Waals surface area contributed by atoms with E-state index in [1.165, 1.54) is 5.56 Å². The van der Waals surface area contributed by atoms with Gasteiger partial charge < -0.3 is 15.2 Å². The smallest absolute Gasteiger partial charge is 0.165 e. The molecule has 0 saturated heterocycles. The lowest BCUT2D eigenvalue weighted by Crippen LogP contribution is -2.34. The van der Waals surface area contributed by atoms with Crippen LogP contribution in [0.25, 0.3) is 0 Å². The molecule has 0 atom stereocenters. The lowest BCUT2D eigenvalue weighted by molar-refractivity contribution is 0.170. The largest absolute Gasteiger partial charge is 0.486 e. The molecule has 0 unspecified atom stereocenters. The maximum Gasteiger partial charge on any atom is 0.165 e. The van der Waals surface area contributed by atoms with Crippen LogP contribution in [0.5, 0.6) is 11.5 Å². The average Bonchev–Trinajstić information content (AvgIpc) is 2.24. The molecular formula is C13H18BrNO2. The molecule has 2 rings (SSSR count). The number of benzene rings is 1. The van der Waals surface area contributed by atoms with Crippen molar-refractivity contribution in [3.63, 3.8) is 0 Å². The highest BCUT2D eigenvalue weighted by Crippen LogP contribution is 2.40. The van der Waals surface area contributed by atoms with Crippen LogP contribution in [-0.2, 0) is 6.42 Å². The lowest BCUT2D eigenvalue weighted by Gasteiger charge is -2.25. The van der Waals surface area contributed by atoms with E-state index in [9.17, 15) is 0 Å². The van der Waals surface area contributed by atoms with Crippen molar-refractivity contribution in [2.24, 2.45) is 5.73 Å². The second-order valence-corrected chi connectivity index (χ2v) is 5.96. The Morgan fingerprint density at radius 1 is 1.35 bits per heavy atom. The van der Waals surface area contributed by atoms with Gasteiger partial charge in [-0.05, 0) is 38.8 Å². The maximum absolute atomic E-state index is 6.07. The fraction of sp³-hybridized carbons (Fsp3) is 0.538. The summed E-state index contributed by atoms with van der Waals surface area (Å²) in [5.74, 6) is 1.68. The Labute approximate surface area is 110 Å². The zero-order valence-corrected chi connectivity index (χ0v) is 12.1. The number of ether oxygens (including phenoxy) is 2. The van der Waals surface area contributed by atoms with Crippen molar-refractivity contribution in [3.05, 3.63) is 21.7 Å². The number of halogens is 1. The molecule has 0 amide bonds. The van der Waals surface area contributed by atoms with Crippen molar-refractivity contribution in [3.8, 4) is 11.5 Å². The third kappa shape index (κ3) is 2.75. The van der Waals surface area contributed by atoms with Gasteiger partial charge in [0.1, 0.15) is 13.2 Å². The number of hydrogen-bond donors (Lipinski definition) is 1. The molecule has 3 nitrogen and oxygen atoms in total. The molecule has 1 heterocycles. The minimum atomic E-state index is -0.237. The van der Waals surface area contributed by atoms with Crippen LogP contribution in [0.1, 0.15) is 25.0 Å². The molecule has 0 bridgehead atoms. The van der Waals surface area contributed by atoms with Crippen LogP contribution in [0.4, 0.5) is 0 Å². The molecular weight excluding hydrogens is 282 g/mol. The van der Waals surface area contributed by atoms with Gasteiger partial charge in [0.15, 0.2) is 11.5 Å². The molecule has 0 aromatic heterocycles. The molecule has 94 valence electrons. The second-order valence-electron chi connectivity index (χ2n) is 5.16. The van der Waals surface area contributed by atoms with Gasteiger partial charge in [0, 0.05) is 15.6 Å². The Morgan fingerprint density at radius 2 is 2.00 bits per heavy atom. The third-order valence-electron chi connectivity index (χ3n) is 2.71. The lowest BCUT2D eigenvalue weighted by atomic mass is 9.94. The van der Waals surface area contributed by atoms with Crippen molar-refractivity contribution in [2.75, 3.05) is 13.2 Å². The minimum absolute atomic E-state index is 0.237. The summed E-state index contributed by atoms with van der Waals surface area (Å²) in [6, 6.07) is 2.03. The zero-order valence-electron chi connectivity index (χ0n) is 10.5. The van der Waals surface area contributed by atoms with E-state index >= 15 is 0 Å². The summed E-state index contributed by atoms with van der Waals surface area (Å²) in [7, 11) is 0. The highest BCUT2D eigenvalue weighted by molar-refractivity contribution is 9.10. The summed E-state index contributed by atoms with van der Waals surface area (Å²) < 4.78 is 12.3. The first-order valence-corrected chi connectivity index (χ1v) is 6.54. The quantitative estimate of drug-likeness (QED) is 0.913. The van der Waals surface area contributed by atoms with Gasteiger partial charge in [-0.2, -0.15) is 0 Å². The van der Waals surface area contributed by atoms with Gasteiger partial charge in [-0.15, -0.1) is 0 Å². The van der Waals surface area contributed by atoms with Crippen LogP contribution < -0.4 is 15.2 Å². The van der Waals surface area contributed by atoms with Crippen molar-refractivity contribution < 1.29 is 9.47 Å². The van der Waals surface area contributed by atoms with Gasteiger partial charge in [-0.1, -0.05) is 15.9 Å². The Morgan fingerprint density at radius 3 is 2.65 bits per heavy atom. The first-order valence-electron chi connectivity index (χ1n) is 5.75. The second kappa shape index (κ2) is 4.50. The Bertz CT molecular complexity index is 438. The number of rotatable bonds is 2. The molecule has 17 heavy (non-hydrogen) atoms. The molecule has 2 N–H and O–H groups in total. The summed E-state index contributed by atoms with van der Waals surface area (Å²) in [6.07, 6.45) is 0.797. The summed E-state index contributed by atoms with van der Waals surface area (Å²) >= 11 is 3.62. The molecule has 4 heteroatoms. The van der Waals surface area contributed by atoms with E-state index in [4.69, 9.17) is 15.2 Å². The zero-order chi connectivity index (χ0) is 12.6. The van der Waals surface area contributed by atoms with Crippen LogP contribution >= 0.6 is 15.9 Å². The van der Waals surface area contributed by atoms with Crippen LogP contribution in [-0.4, -0.2) is 18.8 Å². The summed E-state index contributed by atoms with van der Waals surface area (Å²) in [6.45, 7) is 7.29. The topological polar surface area (TPSA) is 44.5 Å². The number of nitrogens with two attached hydrogens (primary N) is 1. The fourth-order valence-electron chi connectivity index (χ4n) is 2.01. The Kier molecular flexibility index (Phi) is 3.36. The molecule has 0 fully saturated rings. The van der Waals surface area contributed by atoms with E-state index in [-0.39, 0.29) is 5.54 Å². The highest BCUT2D eigenvalue weighted by Gasteiger charge is 2.22. The van der Waals surface area contributed by atoms with Gasteiger partial charge in [-0.25, -0.2) is 0 Å². The molecule has 0 aliphatic carbocycles. The van der Waals surface area contributed by atoms with Gasteiger partial charge in [0.2, 0.25) is 0 Å². The summed E-state index contributed by atoms with van der Waals surface area (Å²) in [5, 5.41) is 0. The Hall–Kier alpha value is -0.740. The predicted octanol–water partition coefficient (Wildman–Crippen LogP) is 2.81. The molecule has 1 aromatic rings. The minimum Gasteiger partial charge on any atom is -0.486 e. The van der Waals surface area contributed by atoms with Crippen LogP contribution in [0.2, 0.25) is 0 Å². The first kappa shape index (κ1) is 12.7. The average molecular weight is 300 g/mol. The Balaban J connectivity index is 2.44. The summed E-state index contributed by atoms with van der Waals surface area (Å²) in [4.78, 5) is 0. The predicted molar refractivity (Wildman–Crippen MR) is 71.8 cm³/mol. The molecule has 0 saturated carbocycles. The third-order valence-corrected chi connectivity index (χ3v) is 3.82. The standard InChI is InChI=1S/C13H18BrNO2/c1-8-11(14)9(7-13(2,3)15)6-10-12(8)17-5-4-16-10/h6H,4-5,7,15H2,1-3H3. The molecule has 0 spiro atoms. The normalized spacial score (nSPS) is 14.9. The van der Waals surface area contributed by atoms with E-state index in [0.717, 1.165) is 28.0 Å². The molecule has 1 aliphatic heterocycles. The van der Waals surface area contributed by atoms with Gasteiger partial charge in [0.05, 0.1) is 0 Å². The van der Waals surface area contributed by atoms with Crippen molar-refractivity contribution in [1.82, 2.24) is 0 Å². The monoisotopic (exact) mass is 299 g/mol. The van der Waals surface area contributed by atoms with Gasteiger partial charge in [0.25, 0.3) is 0 Å². The van der Waals surface area contributed by atoms with Crippen LogP contribution in [0, 0.1) is 6.92 Å². The molecule has 1 aromatic carbocycles. The first-order chi connectivity index (χ1) is 7.88. The SMILES string of the molecule is Cc1c(Br)c(CC(C)(C)N)cc2c1OCCO2. The fourth-order valence-corrected chi connectivity index (χ4v) is 2.45. The maximum atomic E-state index is 6.07. The molecule has 1 aliphatic rings. The van der Waals surface area contributed by atoms with E-state index in [2.05, 4.69) is 15.9 Å². The van der Waals surface area contributed by atoms with E-state index in [0.29, 0.717) is 13.2 Å². The molecule has 0 radical (unpaired) electrons. The highest BCUT2D eigenvalue weighted by atomic mass is 79.9. The van der Waals surface area contributed by atoms with Crippen LogP contribution in [0.15, 0.2) is 10.5 Å². The van der Waals surface area contributed by atoms with E-state index in [1.54, 1.807) is 0 Å². The van der Waals surface area contributed by atoms with Gasteiger partial charge >= 0.3 is 0 Å². The van der Waals surface area contributed by atoms with E-state index < -0.39 is 0 Å². The number of fused-ring (bicyclic) bond motifs is 1. The summed E-state index contributed by atoms with van der Waals surface area (Å²) in [5.41, 5.74) is 8.08. The van der Waals surface area contributed by atoms with Gasteiger partial charge in [-0.3, -0.25) is 0 Å². The van der Waals surface area contributed by atoms with Crippen molar-refractivity contribution >= 4 is 15.9 Å². The van der Waals surface area contributed by atoms with Crippen molar-refractivity contribution in [1.29, 1.82) is 0 Å². The van der Waals surface area contributed by atoms with Crippen molar-refractivity contribution in [2.45, 2.75) is 32.7 Å².